The Morgan fingerprint density at radius 3 is 2.60 bits per heavy atom. The largest absolute Gasteiger partial charge is 0.476 e. The molecule has 15 heavy (non-hydrogen) atoms. The number of hydrogen-bond acceptors (Lipinski definition) is 5. The quantitative estimate of drug-likeness (QED) is 0.630. The van der Waals surface area contributed by atoms with Gasteiger partial charge >= 0.3 is 5.97 Å². The lowest BCUT2D eigenvalue weighted by Gasteiger charge is -2.04. The van der Waals surface area contributed by atoms with Gasteiger partial charge in [0.05, 0.1) is 5.69 Å². The van der Waals surface area contributed by atoms with Crippen LogP contribution in [0.4, 0.5) is 5.69 Å². The van der Waals surface area contributed by atoms with E-state index >= 15 is 0 Å². The van der Waals surface area contributed by atoms with Crippen LogP contribution in [0.5, 0.6) is 0 Å². The van der Waals surface area contributed by atoms with Gasteiger partial charge in [0.15, 0.2) is 10.7 Å². The van der Waals surface area contributed by atoms with Crippen LogP contribution in [0.3, 0.4) is 0 Å². The summed E-state index contributed by atoms with van der Waals surface area (Å²) in [5.74, 6) is -1.37. The number of hydrogen-bond donors (Lipinski definition) is 3. The minimum Gasteiger partial charge on any atom is -0.476 e. The second-order valence-corrected chi connectivity index (χ2v) is 4.43. The van der Waals surface area contributed by atoms with Gasteiger partial charge < -0.3 is 10.8 Å². The Hall–Kier alpha value is -1.67. The summed E-state index contributed by atoms with van der Waals surface area (Å²) in [5.41, 5.74) is 4.75. The topological polar surface area (TPSA) is 122 Å². The fraction of sp³-hybridized carbons (Fsp3) is 0.143. The Labute approximate surface area is 86.0 Å². The number of pyridine rings is 1. The number of carbonyl (C=O) groups is 1. The molecule has 0 aliphatic heterocycles. The van der Waals surface area contributed by atoms with Crippen molar-refractivity contribution in [2.24, 2.45) is 0 Å². The van der Waals surface area contributed by atoms with Crippen LogP contribution in [0, 0.1) is 0 Å². The number of nitrogens with two attached hydrogens (primary N) is 1. The molecule has 0 unspecified atom stereocenters. The average molecular weight is 231 g/mol. The Balaban J connectivity index is 3.38. The first-order chi connectivity index (χ1) is 6.88. The highest BCUT2D eigenvalue weighted by atomic mass is 32.2. The predicted octanol–water partition coefficient (Wildman–Crippen LogP) is -0.730. The van der Waals surface area contributed by atoms with Crippen LogP contribution in [0.2, 0.25) is 0 Å². The van der Waals surface area contributed by atoms with Crippen LogP contribution >= 0.6 is 0 Å². The lowest BCUT2D eigenvalue weighted by molar-refractivity contribution is 0.0691. The molecule has 7 nitrogen and oxygen atoms in total. The Bertz CT molecular complexity index is 497. The fourth-order valence-corrected chi connectivity index (χ4v) is 1.55. The van der Waals surface area contributed by atoms with Crippen LogP contribution in [0.15, 0.2) is 17.2 Å². The highest BCUT2D eigenvalue weighted by Gasteiger charge is 2.17. The van der Waals surface area contributed by atoms with Crippen molar-refractivity contribution in [3.63, 3.8) is 0 Å². The van der Waals surface area contributed by atoms with Crippen molar-refractivity contribution in [1.82, 2.24) is 9.71 Å². The third kappa shape index (κ3) is 2.22. The van der Waals surface area contributed by atoms with Crippen molar-refractivity contribution in [1.29, 1.82) is 0 Å². The zero-order valence-corrected chi connectivity index (χ0v) is 8.58. The van der Waals surface area contributed by atoms with E-state index in [1.165, 1.54) is 13.1 Å². The predicted molar refractivity (Wildman–Crippen MR) is 51.9 cm³/mol. The normalized spacial score (nSPS) is 11.3. The molecule has 0 spiro atoms. The summed E-state index contributed by atoms with van der Waals surface area (Å²) >= 11 is 0. The van der Waals surface area contributed by atoms with E-state index in [1.54, 1.807) is 0 Å². The second-order valence-electron chi connectivity index (χ2n) is 2.60. The summed E-state index contributed by atoms with van der Waals surface area (Å²) in [7, 11) is -2.55. The van der Waals surface area contributed by atoms with Gasteiger partial charge in [-0.1, -0.05) is 0 Å². The smallest absolute Gasteiger partial charge is 0.356 e. The number of carboxylic acid groups (broad SMARTS) is 1. The Kier molecular flexibility index (Phi) is 2.91. The maximum Gasteiger partial charge on any atom is 0.356 e. The lowest BCUT2D eigenvalue weighted by atomic mass is 10.3. The van der Waals surface area contributed by atoms with Crippen molar-refractivity contribution >= 4 is 21.7 Å². The Morgan fingerprint density at radius 2 is 2.13 bits per heavy atom. The molecule has 0 aliphatic rings. The van der Waals surface area contributed by atoms with E-state index in [1.807, 2.05) is 4.72 Å². The van der Waals surface area contributed by atoms with Crippen LogP contribution < -0.4 is 10.5 Å². The van der Waals surface area contributed by atoms with Gasteiger partial charge in [0.1, 0.15) is 0 Å². The summed E-state index contributed by atoms with van der Waals surface area (Å²) in [6.45, 7) is 0. The van der Waals surface area contributed by atoms with Crippen molar-refractivity contribution in [3.05, 3.63) is 17.8 Å². The maximum atomic E-state index is 11.3. The number of nitrogens with one attached hydrogen (secondary N) is 1. The standard InChI is InChI=1S/C7H9N3O4S/c1-9-15(13,14)5-3-2-4(8)6(10-5)7(11)12/h2-3,9H,8H2,1H3,(H,11,12). The van der Waals surface area contributed by atoms with Crippen LogP contribution in [-0.2, 0) is 10.0 Å². The molecule has 0 saturated heterocycles. The first-order valence-corrected chi connectivity index (χ1v) is 5.30. The summed E-state index contributed by atoms with van der Waals surface area (Å²) in [6, 6.07) is 2.31. The van der Waals surface area contributed by atoms with E-state index in [0.717, 1.165) is 6.07 Å². The monoisotopic (exact) mass is 231 g/mol. The number of aromatic carboxylic acids is 1. The van der Waals surface area contributed by atoms with E-state index in [-0.39, 0.29) is 10.7 Å². The van der Waals surface area contributed by atoms with Gasteiger partial charge in [-0.05, 0) is 19.2 Å². The molecule has 1 heterocycles. The molecule has 0 radical (unpaired) electrons. The average Bonchev–Trinajstić information content (AvgIpc) is 2.17. The molecular weight excluding hydrogens is 222 g/mol. The molecule has 0 atom stereocenters. The van der Waals surface area contributed by atoms with Crippen LogP contribution in [0.1, 0.15) is 10.5 Å². The van der Waals surface area contributed by atoms with Gasteiger partial charge in [-0.2, -0.15) is 0 Å². The molecule has 1 aromatic rings. The molecule has 0 fully saturated rings. The minimum absolute atomic E-state index is 0.0856. The van der Waals surface area contributed by atoms with E-state index < -0.39 is 21.7 Å². The molecule has 0 aromatic carbocycles. The molecule has 1 rings (SSSR count). The molecule has 4 N–H and O–H groups in total. The van der Waals surface area contributed by atoms with E-state index in [9.17, 15) is 13.2 Å². The van der Waals surface area contributed by atoms with Gasteiger partial charge in [-0.3, -0.25) is 0 Å². The molecule has 0 aliphatic carbocycles. The molecule has 0 saturated carbocycles. The SMILES string of the molecule is CNS(=O)(=O)c1ccc(N)c(C(=O)O)n1. The number of nitrogen functional groups attached to an aromatic ring is 1. The third-order valence-corrected chi connectivity index (χ3v) is 2.96. The molecule has 1 aromatic heterocycles. The molecule has 0 amide bonds. The van der Waals surface area contributed by atoms with E-state index in [0.29, 0.717) is 0 Å². The highest BCUT2D eigenvalue weighted by Crippen LogP contribution is 2.13. The van der Waals surface area contributed by atoms with Gasteiger partial charge in [0.2, 0.25) is 0 Å². The zero-order valence-electron chi connectivity index (χ0n) is 7.76. The first-order valence-electron chi connectivity index (χ1n) is 3.82. The number of rotatable bonds is 3. The lowest BCUT2D eigenvalue weighted by Crippen LogP contribution is -2.21. The third-order valence-electron chi connectivity index (χ3n) is 1.65. The number of sulfonamides is 1. The van der Waals surface area contributed by atoms with Crippen molar-refractivity contribution in [3.8, 4) is 0 Å². The van der Waals surface area contributed by atoms with E-state index in [4.69, 9.17) is 10.8 Å². The van der Waals surface area contributed by atoms with Crippen LogP contribution in [0.25, 0.3) is 0 Å². The Morgan fingerprint density at radius 1 is 1.53 bits per heavy atom. The van der Waals surface area contributed by atoms with Crippen molar-refractivity contribution in [2.75, 3.05) is 12.8 Å². The van der Waals surface area contributed by atoms with Gasteiger partial charge in [-0.15, -0.1) is 0 Å². The van der Waals surface area contributed by atoms with Gasteiger partial charge in [-0.25, -0.2) is 22.9 Å². The molecule has 8 heteroatoms. The summed E-state index contributed by atoms with van der Waals surface area (Å²) < 4.78 is 24.6. The molecule has 0 bridgehead atoms. The van der Waals surface area contributed by atoms with Gasteiger partial charge in [0, 0.05) is 0 Å². The zero-order chi connectivity index (χ0) is 11.6. The number of anilines is 1. The summed E-state index contributed by atoms with van der Waals surface area (Å²) in [5, 5.41) is 8.29. The first kappa shape index (κ1) is 11.4. The van der Waals surface area contributed by atoms with Crippen molar-refractivity contribution < 1.29 is 18.3 Å². The number of aromatic nitrogens is 1. The number of nitrogens with zero attached hydrogens (tertiary/aromatic N) is 1. The number of carboxylic acids is 1. The van der Waals surface area contributed by atoms with Gasteiger partial charge in [0.25, 0.3) is 10.0 Å². The summed E-state index contributed by atoms with van der Waals surface area (Å²) in [4.78, 5) is 14.1. The summed E-state index contributed by atoms with van der Waals surface area (Å²) in [6.07, 6.45) is 0. The molecular formula is C7H9N3O4S. The van der Waals surface area contributed by atoms with Crippen molar-refractivity contribution in [2.45, 2.75) is 5.03 Å². The van der Waals surface area contributed by atoms with E-state index in [2.05, 4.69) is 4.98 Å². The second kappa shape index (κ2) is 3.83. The fourth-order valence-electron chi connectivity index (χ4n) is 0.878. The minimum atomic E-state index is -3.75. The van der Waals surface area contributed by atoms with Crippen LogP contribution in [-0.4, -0.2) is 31.5 Å². The highest BCUT2D eigenvalue weighted by molar-refractivity contribution is 7.89. The maximum absolute atomic E-state index is 11.3. The molecule has 82 valence electrons.